The molecule has 0 unspecified atom stereocenters. The van der Waals surface area contributed by atoms with Crippen LogP contribution in [-0.2, 0) is 6.54 Å². The summed E-state index contributed by atoms with van der Waals surface area (Å²) in [6.45, 7) is 16.4. The molecule has 0 amide bonds. The lowest BCUT2D eigenvalue weighted by Gasteiger charge is -2.36. The normalized spacial score (nSPS) is 12.0. The molecule has 0 N–H and O–H groups in total. The second-order valence-corrected chi connectivity index (χ2v) is 6.19. The molecule has 0 aromatic carbocycles. The number of imidazole rings is 1. The van der Waals surface area contributed by atoms with Gasteiger partial charge in [0.25, 0.3) is 0 Å². The van der Waals surface area contributed by atoms with Gasteiger partial charge in [0.05, 0.1) is 0 Å². The predicted octanol–water partition coefficient (Wildman–Crippen LogP) is 2.52. The standard InChI is InChI=1S/C13H27N4P/c1-6-15-12-11-14-13(15)18(16(7-2)8-3)17(9-4)10-5/h11-12H,6-10H2,1-5H3. The van der Waals surface area contributed by atoms with E-state index in [1.165, 1.54) is 5.57 Å². The van der Waals surface area contributed by atoms with Gasteiger partial charge < -0.3 is 4.57 Å². The molecule has 1 heterocycles. The van der Waals surface area contributed by atoms with Gasteiger partial charge >= 0.3 is 0 Å². The Hall–Kier alpha value is -0.440. The number of rotatable bonds is 8. The Morgan fingerprint density at radius 1 is 1.00 bits per heavy atom. The second kappa shape index (κ2) is 7.88. The lowest BCUT2D eigenvalue weighted by atomic mass is 10.7. The van der Waals surface area contributed by atoms with Gasteiger partial charge in [-0.1, -0.05) is 27.7 Å². The van der Waals surface area contributed by atoms with Crippen LogP contribution in [0.2, 0.25) is 0 Å². The topological polar surface area (TPSA) is 24.3 Å². The molecule has 104 valence electrons. The lowest BCUT2D eigenvalue weighted by molar-refractivity contribution is 0.428. The molecule has 0 spiro atoms. The molecule has 0 fully saturated rings. The summed E-state index contributed by atoms with van der Waals surface area (Å²) in [6, 6.07) is 0. The summed E-state index contributed by atoms with van der Waals surface area (Å²) in [7, 11) is -0.454. The highest BCUT2D eigenvalue weighted by atomic mass is 31.1. The third-order valence-electron chi connectivity index (χ3n) is 3.21. The Morgan fingerprint density at radius 3 is 1.89 bits per heavy atom. The zero-order valence-corrected chi connectivity index (χ0v) is 13.3. The molecular formula is C13H27N4P. The Morgan fingerprint density at radius 2 is 1.50 bits per heavy atom. The summed E-state index contributed by atoms with van der Waals surface area (Å²) >= 11 is 0. The van der Waals surface area contributed by atoms with Crippen molar-refractivity contribution in [2.75, 3.05) is 26.2 Å². The summed E-state index contributed by atoms with van der Waals surface area (Å²) in [5, 5.41) is 0. The summed E-state index contributed by atoms with van der Waals surface area (Å²) < 4.78 is 7.36. The molecular weight excluding hydrogens is 243 g/mol. The van der Waals surface area contributed by atoms with Gasteiger partial charge in [-0.05, 0) is 6.92 Å². The average molecular weight is 270 g/mol. The third kappa shape index (κ3) is 3.31. The molecule has 4 nitrogen and oxygen atoms in total. The minimum absolute atomic E-state index is 0.454. The first kappa shape index (κ1) is 15.6. The van der Waals surface area contributed by atoms with E-state index in [-0.39, 0.29) is 0 Å². The van der Waals surface area contributed by atoms with Crippen LogP contribution < -0.4 is 5.57 Å². The molecule has 0 atom stereocenters. The van der Waals surface area contributed by atoms with Crippen LogP contribution in [0.1, 0.15) is 34.6 Å². The van der Waals surface area contributed by atoms with Crippen molar-refractivity contribution in [3.8, 4) is 0 Å². The zero-order chi connectivity index (χ0) is 13.5. The van der Waals surface area contributed by atoms with Gasteiger partial charge in [0.15, 0.2) is 5.57 Å². The van der Waals surface area contributed by atoms with E-state index >= 15 is 0 Å². The molecule has 18 heavy (non-hydrogen) atoms. The molecule has 1 rings (SSSR count). The van der Waals surface area contributed by atoms with Gasteiger partial charge in [-0.3, -0.25) is 9.34 Å². The largest absolute Gasteiger partial charge is 0.329 e. The van der Waals surface area contributed by atoms with Crippen molar-refractivity contribution in [3.05, 3.63) is 12.4 Å². The Bertz CT molecular complexity index is 319. The molecule has 1 aromatic heterocycles. The van der Waals surface area contributed by atoms with Crippen molar-refractivity contribution in [1.82, 2.24) is 18.9 Å². The monoisotopic (exact) mass is 270 g/mol. The number of hydrogen-bond donors (Lipinski definition) is 0. The maximum absolute atomic E-state index is 4.63. The number of aromatic nitrogens is 2. The first-order valence-electron chi connectivity index (χ1n) is 7.04. The Balaban J connectivity index is 3.10. The fourth-order valence-electron chi connectivity index (χ4n) is 2.15. The molecule has 0 aliphatic rings. The predicted molar refractivity (Wildman–Crippen MR) is 80.3 cm³/mol. The highest BCUT2D eigenvalue weighted by Crippen LogP contribution is 2.41. The average Bonchev–Trinajstić information content (AvgIpc) is 2.87. The minimum atomic E-state index is -0.454. The van der Waals surface area contributed by atoms with E-state index in [1.807, 2.05) is 6.20 Å². The Labute approximate surface area is 113 Å². The van der Waals surface area contributed by atoms with E-state index in [0.717, 1.165) is 32.7 Å². The van der Waals surface area contributed by atoms with Crippen LogP contribution in [0, 0.1) is 0 Å². The third-order valence-corrected chi connectivity index (χ3v) is 6.14. The SMILES string of the molecule is CCN(CC)P(c1nccn1CC)N(CC)CC. The van der Waals surface area contributed by atoms with Crippen LogP contribution in [0.25, 0.3) is 0 Å². The summed E-state index contributed by atoms with van der Waals surface area (Å²) in [5.74, 6) is 0. The minimum Gasteiger partial charge on any atom is -0.329 e. The summed E-state index contributed by atoms with van der Waals surface area (Å²) in [5.41, 5.74) is 1.24. The maximum atomic E-state index is 4.63. The fourth-order valence-corrected chi connectivity index (χ4v) is 4.69. The van der Waals surface area contributed by atoms with Gasteiger partial charge in [-0.25, -0.2) is 4.98 Å². The van der Waals surface area contributed by atoms with Crippen molar-refractivity contribution >= 4 is 13.8 Å². The first-order valence-corrected chi connectivity index (χ1v) is 8.28. The van der Waals surface area contributed by atoms with Crippen LogP contribution in [0.5, 0.6) is 0 Å². The van der Waals surface area contributed by atoms with Crippen molar-refractivity contribution < 1.29 is 0 Å². The van der Waals surface area contributed by atoms with Gasteiger partial charge in [0.1, 0.15) is 8.22 Å². The van der Waals surface area contributed by atoms with Crippen LogP contribution in [0.4, 0.5) is 0 Å². The van der Waals surface area contributed by atoms with E-state index in [0.29, 0.717) is 0 Å². The van der Waals surface area contributed by atoms with Gasteiger partial charge in [-0.2, -0.15) is 0 Å². The molecule has 5 heteroatoms. The van der Waals surface area contributed by atoms with E-state index in [9.17, 15) is 0 Å². The summed E-state index contributed by atoms with van der Waals surface area (Å²) in [4.78, 5) is 4.63. The van der Waals surface area contributed by atoms with Crippen LogP contribution in [-0.4, -0.2) is 45.1 Å². The van der Waals surface area contributed by atoms with E-state index in [2.05, 4.69) is 59.7 Å². The number of nitrogens with zero attached hydrogens (tertiary/aromatic N) is 4. The van der Waals surface area contributed by atoms with Crippen LogP contribution in [0.3, 0.4) is 0 Å². The van der Waals surface area contributed by atoms with E-state index in [1.54, 1.807) is 0 Å². The number of hydrogen-bond acceptors (Lipinski definition) is 3. The quantitative estimate of drug-likeness (QED) is 0.678. The lowest BCUT2D eigenvalue weighted by Crippen LogP contribution is -2.37. The van der Waals surface area contributed by atoms with Gasteiger partial charge in [-0.15, -0.1) is 0 Å². The first-order chi connectivity index (χ1) is 8.73. The molecule has 0 bridgehead atoms. The fraction of sp³-hybridized carbons (Fsp3) is 0.769. The molecule has 0 saturated carbocycles. The highest BCUT2D eigenvalue weighted by molar-refractivity contribution is 7.60. The van der Waals surface area contributed by atoms with Crippen molar-refractivity contribution in [2.24, 2.45) is 0 Å². The summed E-state index contributed by atoms with van der Waals surface area (Å²) in [6.07, 6.45) is 4.03. The van der Waals surface area contributed by atoms with Crippen molar-refractivity contribution in [2.45, 2.75) is 41.2 Å². The van der Waals surface area contributed by atoms with Gasteiger partial charge in [0.2, 0.25) is 0 Å². The second-order valence-electron chi connectivity index (χ2n) is 4.08. The molecule has 1 aromatic rings. The van der Waals surface area contributed by atoms with Gasteiger partial charge in [0, 0.05) is 45.1 Å². The number of aryl methyl sites for hydroxylation is 1. The molecule has 0 aliphatic heterocycles. The Kier molecular flexibility index (Phi) is 6.83. The van der Waals surface area contributed by atoms with Crippen LogP contribution in [0.15, 0.2) is 12.4 Å². The molecule has 0 radical (unpaired) electrons. The van der Waals surface area contributed by atoms with E-state index < -0.39 is 8.22 Å². The van der Waals surface area contributed by atoms with Crippen molar-refractivity contribution in [3.63, 3.8) is 0 Å². The molecule has 0 saturated heterocycles. The maximum Gasteiger partial charge on any atom is 0.162 e. The van der Waals surface area contributed by atoms with Crippen LogP contribution >= 0.6 is 8.22 Å². The molecule has 0 aliphatic carbocycles. The zero-order valence-electron chi connectivity index (χ0n) is 12.4. The smallest absolute Gasteiger partial charge is 0.162 e. The highest BCUT2D eigenvalue weighted by Gasteiger charge is 2.27. The van der Waals surface area contributed by atoms with E-state index in [4.69, 9.17) is 0 Å². The van der Waals surface area contributed by atoms with Crippen molar-refractivity contribution in [1.29, 1.82) is 0 Å².